The van der Waals surface area contributed by atoms with Crippen molar-refractivity contribution in [2.75, 3.05) is 57.8 Å². The van der Waals surface area contributed by atoms with Gasteiger partial charge in [0.2, 0.25) is 5.91 Å². The van der Waals surface area contributed by atoms with Gasteiger partial charge in [0.1, 0.15) is 6.10 Å². The highest BCUT2D eigenvalue weighted by Crippen LogP contribution is 2.27. The Morgan fingerprint density at radius 3 is 2.57 bits per heavy atom. The fourth-order valence-electron chi connectivity index (χ4n) is 4.29. The summed E-state index contributed by atoms with van der Waals surface area (Å²) in [6.07, 6.45) is 2.42. The molecular formula is C21H30IN5O3. The summed E-state index contributed by atoms with van der Waals surface area (Å²) >= 11 is 0. The number of halogens is 1. The SMILES string of the molecule is CN=C(NCC(=O)N1CCc2ccccc21)N1CCN(C(=O)C2CCCO2)CC1.I. The van der Waals surface area contributed by atoms with E-state index in [0.29, 0.717) is 38.7 Å². The summed E-state index contributed by atoms with van der Waals surface area (Å²) in [5.41, 5.74) is 2.23. The number of carbonyl (C=O) groups excluding carboxylic acids is 2. The number of para-hydroxylation sites is 1. The molecule has 2 amide bonds. The van der Waals surface area contributed by atoms with E-state index in [2.05, 4.69) is 21.3 Å². The van der Waals surface area contributed by atoms with Crippen LogP contribution in [0.3, 0.4) is 0 Å². The number of aliphatic imine (C=N–C) groups is 1. The van der Waals surface area contributed by atoms with Crippen molar-refractivity contribution in [1.82, 2.24) is 15.1 Å². The van der Waals surface area contributed by atoms with E-state index in [-0.39, 0.29) is 48.4 Å². The zero-order valence-electron chi connectivity index (χ0n) is 17.4. The lowest BCUT2D eigenvalue weighted by atomic mass is 10.2. The van der Waals surface area contributed by atoms with Gasteiger partial charge in [0, 0.05) is 52.1 Å². The van der Waals surface area contributed by atoms with Crippen LogP contribution < -0.4 is 10.2 Å². The van der Waals surface area contributed by atoms with E-state index in [9.17, 15) is 9.59 Å². The van der Waals surface area contributed by atoms with Crippen molar-refractivity contribution in [3.8, 4) is 0 Å². The fraction of sp³-hybridized carbons (Fsp3) is 0.571. The maximum atomic E-state index is 12.7. The second-order valence-corrected chi connectivity index (χ2v) is 7.64. The topological polar surface area (TPSA) is 77.5 Å². The lowest BCUT2D eigenvalue weighted by Crippen LogP contribution is -2.56. The van der Waals surface area contributed by atoms with Gasteiger partial charge in [0.05, 0.1) is 6.54 Å². The first-order valence-corrected chi connectivity index (χ1v) is 10.4. The van der Waals surface area contributed by atoms with Crippen molar-refractivity contribution < 1.29 is 14.3 Å². The summed E-state index contributed by atoms with van der Waals surface area (Å²) in [5.74, 6) is 0.853. The molecule has 0 bridgehead atoms. The number of ether oxygens (including phenoxy) is 1. The maximum Gasteiger partial charge on any atom is 0.251 e. The molecule has 1 atom stereocenters. The van der Waals surface area contributed by atoms with Gasteiger partial charge in [0.25, 0.3) is 5.91 Å². The highest BCUT2D eigenvalue weighted by Gasteiger charge is 2.31. The van der Waals surface area contributed by atoms with Crippen LogP contribution in [0, 0.1) is 0 Å². The molecule has 0 spiro atoms. The van der Waals surface area contributed by atoms with Gasteiger partial charge in [-0.15, -0.1) is 24.0 Å². The lowest BCUT2D eigenvalue weighted by Gasteiger charge is -2.37. The number of fused-ring (bicyclic) bond motifs is 1. The fourth-order valence-corrected chi connectivity index (χ4v) is 4.29. The maximum absolute atomic E-state index is 12.7. The summed E-state index contributed by atoms with van der Waals surface area (Å²) in [6.45, 7) is 4.29. The predicted octanol–water partition coefficient (Wildman–Crippen LogP) is 1.09. The van der Waals surface area contributed by atoms with Gasteiger partial charge in [0.15, 0.2) is 5.96 Å². The highest BCUT2D eigenvalue weighted by atomic mass is 127. The number of carbonyl (C=O) groups is 2. The van der Waals surface area contributed by atoms with E-state index in [1.54, 1.807) is 7.05 Å². The van der Waals surface area contributed by atoms with Gasteiger partial charge in [-0.2, -0.15) is 0 Å². The Kier molecular flexibility index (Phi) is 7.93. The van der Waals surface area contributed by atoms with Crippen LogP contribution >= 0.6 is 24.0 Å². The first kappa shape index (κ1) is 22.8. The molecule has 3 aliphatic rings. The number of benzene rings is 1. The zero-order valence-corrected chi connectivity index (χ0v) is 19.7. The van der Waals surface area contributed by atoms with E-state index in [0.717, 1.165) is 31.5 Å². The number of nitrogens with one attached hydrogen (secondary N) is 1. The van der Waals surface area contributed by atoms with Crippen LogP contribution in [0.2, 0.25) is 0 Å². The second-order valence-electron chi connectivity index (χ2n) is 7.64. The third-order valence-electron chi connectivity index (χ3n) is 5.89. The molecule has 3 heterocycles. The van der Waals surface area contributed by atoms with Crippen LogP contribution in [-0.4, -0.2) is 86.6 Å². The molecule has 0 saturated carbocycles. The summed E-state index contributed by atoms with van der Waals surface area (Å²) in [5, 5.41) is 3.20. The molecule has 1 N–H and O–H groups in total. The monoisotopic (exact) mass is 527 g/mol. The number of anilines is 1. The number of nitrogens with zero attached hydrogens (tertiary/aromatic N) is 4. The van der Waals surface area contributed by atoms with Gasteiger partial charge in [-0.1, -0.05) is 18.2 Å². The van der Waals surface area contributed by atoms with Crippen molar-refractivity contribution in [3.05, 3.63) is 29.8 Å². The first-order valence-electron chi connectivity index (χ1n) is 10.4. The predicted molar refractivity (Wildman–Crippen MR) is 126 cm³/mol. The number of hydrogen-bond acceptors (Lipinski definition) is 4. The molecule has 0 aromatic heterocycles. The number of guanidine groups is 1. The molecular weight excluding hydrogens is 497 g/mol. The number of amides is 2. The molecule has 164 valence electrons. The molecule has 3 aliphatic heterocycles. The third-order valence-corrected chi connectivity index (χ3v) is 5.89. The van der Waals surface area contributed by atoms with Crippen molar-refractivity contribution in [2.45, 2.75) is 25.4 Å². The van der Waals surface area contributed by atoms with Crippen molar-refractivity contribution in [3.63, 3.8) is 0 Å². The third kappa shape index (κ3) is 4.88. The van der Waals surface area contributed by atoms with Gasteiger partial charge in [-0.25, -0.2) is 0 Å². The molecule has 1 aromatic carbocycles. The lowest BCUT2D eigenvalue weighted by molar-refractivity contribution is -0.142. The molecule has 30 heavy (non-hydrogen) atoms. The number of hydrogen-bond donors (Lipinski definition) is 1. The molecule has 0 aliphatic carbocycles. The Morgan fingerprint density at radius 2 is 1.87 bits per heavy atom. The zero-order chi connectivity index (χ0) is 20.2. The largest absolute Gasteiger partial charge is 0.368 e. The summed E-state index contributed by atoms with van der Waals surface area (Å²) in [7, 11) is 1.72. The summed E-state index contributed by atoms with van der Waals surface area (Å²) < 4.78 is 5.52. The Labute approximate surface area is 194 Å². The average molecular weight is 527 g/mol. The van der Waals surface area contributed by atoms with Crippen molar-refractivity contribution in [2.24, 2.45) is 4.99 Å². The molecule has 1 unspecified atom stereocenters. The first-order chi connectivity index (χ1) is 14.2. The molecule has 4 rings (SSSR count). The van der Waals surface area contributed by atoms with Crippen LogP contribution in [0.1, 0.15) is 18.4 Å². The smallest absolute Gasteiger partial charge is 0.251 e. The summed E-state index contributed by atoms with van der Waals surface area (Å²) in [4.78, 5) is 35.4. The van der Waals surface area contributed by atoms with Crippen LogP contribution in [-0.2, 0) is 20.7 Å². The molecule has 1 aromatic rings. The van der Waals surface area contributed by atoms with E-state index in [1.807, 2.05) is 28.0 Å². The Balaban J connectivity index is 0.00000256. The minimum atomic E-state index is -0.264. The van der Waals surface area contributed by atoms with Crippen LogP contribution in [0.5, 0.6) is 0 Å². The molecule has 9 heteroatoms. The normalized spacial score (nSPS) is 21.3. The van der Waals surface area contributed by atoms with E-state index >= 15 is 0 Å². The van der Waals surface area contributed by atoms with Crippen molar-refractivity contribution >= 4 is 47.4 Å². The summed E-state index contributed by atoms with van der Waals surface area (Å²) in [6, 6.07) is 8.05. The number of rotatable bonds is 3. The van der Waals surface area contributed by atoms with Gasteiger partial charge >= 0.3 is 0 Å². The Hall–Kier alpha value is -1.88. The minimum absolute atomic E-state index is 0. The molecule has 2 saturated heterocycles. The Bertz CT molecular complexity index is 789. The average Bonchev–Trinajstić information content (AvgIpc) is 3.44. The van der Waals surface area contributed by atoms with Gasteiger partial charge in [-0.3, -0.25) is 14.6 Å². The number of piperazine rings is 1. The molecule has 2 fully saturated rings. The van der Waals surface area contributed by atoms with Crippen LogP contribution in [0.4, 0.5) is 5.69 Å². The Morgan fingerprint density at radius 1 is 1.13 bits per heavy atom. The molecule has 8 nitrogen and oxygen atoms in total. The van der Waals surface area contributed by atoms with E-state index < -0.39 is 0 Å². The van der Waals surface area contributed by atoms with Crippen molar-refractivity contribution in [1.29, 1.82) is 0 Å². The van der Waals surface area contributed by atoms with Gasteiger partial charge in [-0.05, 0) is 30.9 Å². The second kappa shape index (κ2) is 10.4. The van der Waals surface area contributed by atoms with Crippen LogP contribution in [0.15, 0.2) is 29.3 Å². The molecule has 0 radical (unpaired) electrons. The van der Waals surface area contributed by atoms with Crippen LogP contribution in [0.25, 0.3) is 0 Å². The highest BCUT2D eigenvalue weighted by molar-refractivity contribution is 14.0. The quantitative estimate of drug-likeness (QED) is 0.362. The minimum Gasteiger partial charge on any atom is -0.368 e. The standard InChI is InChI=1S/C21H29N5O3.HI/c1-22-21(23-15-19(27)26-9-8-16-5-2-3-6-17(16)26)25-12-10-24(11-13-25)20(28)18-7-4-14-29-18;/h2-3,5-6,18H,4,7-15H2,1H3,(H,22,23);1H. The van der Waals surface area contributed by atoms with Gasteiger partial charge < -0.3 is 24.8 Å². The van der Waals surface area contributed by atoms with E-state index in [4.69, 9.17) is 4.74 Å². The van der Waals surface area contributed by atoms with E-state index in [1.165, 1.54) is 5.56 Å².